The number of aromatic carboxylic acids is 1. The molecular weight excluding hydrogens is 249 g/mol. The Bertz CT molecular complexity index is 456. The van der Waals surface area contributed by atoms with Crippen molar-refractivity contribution in [3.63, 3.8) is 0 Å². The monoisotopic (exact) mass is 267 g/mol. The van der Waals surface area contributed by atoms with E-state index in [0.29, 0.717) is 0 Å². The van der Waals surface area contributed by atoms with E-state index in [2.05, 4.69) is 5.32 Å². The summed E-state index contributed by atoms with van der Waals surface area (Å²) in [5, 5.41) is 12.0. The molecule has 1 saturated carbocycles. The van der Waals surface area contributed by atoms with Crippen LogP contribution in [0.25, 0.3) is 0 Å². The summed E-state index contributed by atoms with van der Waals surface area (Å²) in [5.41, 5.74) is 0.357. The maximum atomic E-state index is 13.7. The molecule has 0 amide bonds. The molecule has 0 aliphatic heterocycles. The normalized spacial score (nSPS) is 23.1. The van der Waals surface area contributed by atoms with E-state index in [1.165, 1.54) is 18.2 Å². The first-order chi connectivity index (χ1) is 9.10. The smallest absolute Gasteiger partial charge is 0.335 e. The van der Waals surface area contributed by atoms with Crippen molar-refractivity contribution in [1.29, 1.82) is 0 Å². The van der Waals surface area contributed by atoms with E-state index in [4.69, 9.17) is 9.84 Å². The fraction of sp³-hybridized carbons (Fsp3) is 0.500. The second-order valence-corrected chi connectivity index (χ2v) is 4.85. The van der Waals surface area contributed by atoms with Gasteiger partial charge in [-0.3, -0.25) is 0 Å². The summed E-state index contributed by atoms with van der Waals surface area (Å²) in [6.45, 7) is 0. The largest absolute Gasteiger partial charge is 0.478 e. The van der Waals surface area contributed by atoms with Crippen molar-refractivity contribution in [1.82, 2.24) is 0 Å². The molecule has 0 spiro atoms. The predicted molar refractivity (Wildman–Crippen MR) is 70.0 cm³/mol. The lowest BCUT2D eigenvalue weighted by Crippen LogP contribution is -2.29. The molecule has 2 N–H and O–H groups in total. The van der Waals surface area contributed by atoms with Crippen LogP contribution in [0.15, 0.2) is 18.2 Å². The summed E-state index contributed by atoms with van der Waals surface area (Å²) >= 11 is 0. The van der Waals surface area contributed by atoms with Gasteiger partial charge >= 0.3 is 5.97 Å². The first-order valence-corrected chi connectivity index (χ1v) is 6.42. The Hall–Kier alpha value is -1.62. The minimum absolute atomic E-state index is 0.0921. The lowest BCUT2D eigenvalue weighted by atomic mass is 9.92. The van der Waals surface area contributed by atoms with Crippen LogP contribution in [0.1, 0.15) is 36.0 Å². The molecule has 0 aromatic heterocycles. The number of halogens is 1. The SMILES string of the molecule is COC1CCC(Nc2cc(C(=O)O)ccc2F)CC1. The number of carbonyl (C=O) groups is 1. The lowest BCUT2D eigenvalue weighted by molar-refractivity contribution is 0.0681. The van der Waals surface area contributed by atoms with Gasteiger partial charge in [0.25, 0.3) is 0 Å². The zero-order valence-corrected chi connectivity index (χ0v) is 10.9. The second kappa shape index (κ2) is 6.02. The van der Waals surface area contributed by atoms with Crippen molar-refractivity contribution in [3.8, 4) is 0 Å². The number of ether oxygens (including phenoxy) is 1. The van der Waals surface area contributed by atoms with Crippen LogP contribution in [0.3, 0.4) is 0 Å². The third kappa shape index (κ3) is 3.44. The minimum atomic E-state index is -1.05. The Balaban J connectivity index is 2.03. The van der Waals surface area contributed by atoms with Gasteiger partial charge in [-0.25, -0.2) is 9.18 Å². The maximum Gasteiger partial charge on any atom is 0.335 e. The number of anilines is 1. The van der Waals surface area contributed by atoms with Gasteiger partial charge in [0.1, 0.15) is 5.82 Å². The fourth-order valence-electron chi connectivity index (χ4n) is 2.43. The van der Waals surface area contributed by atoms with Crippen LogP contribution in [-0.4, -0.2) is 30.3 Å². The lowest BCUT2D eigenvalue weighted by Gasteiger charge is -2.29. The Morgan fingerprint density at radius 3 is 2.63 bits per heavy atom. The van der Waals surface area contributed by atoms with Gasteiger partial charge in [-0.05, 0) is 43.9 Å². The summed E-state index contributed by atoms with van der Waals surface area (Å²) in [5.74, 6) is -1.47. The summed E-state index contributed by atoms with van der Waals surface area (Å²) in [6, 6.07) is 3.97. The van der Waals surface area contributed by atoms with Crippen molar-refractivity contribution in [2.45, 2.75) is 37.8 Å². The molecule has 1 aromatic carbocycles. The Morgan fingerprint density at radius 2 is 2.05 bits per heavy atom. The molecule has 1 aromatic rings. The highest BCUT2D eigenvalue weighted by Crippen LogP contribution is 2.25. The average Bonchev–Trinajstić information content (AvgIpc) is 2.42. The molecule has 5 heteroatoms. The van der Waals surface area contributed by atoms with Crippen LogP contribution in [0, 0.1) is 5.82 Å². The standard InChI is InChI=1S/C14H18FNO3/c1-19-11-5-3-10(4-6-11)16-13-8-9(14(17)18)2-7-12(13)15/h2,7-8,10-11,16H,3-6H2,1H3,(H,17,18). The first kappa shape index (κ1) is 13.8. The summed E-state index contributed by atoms with van der Waals surface area (Å²) in [4.78, 5) is 10.9. The quantitative estimate of drug-likeness (QED) is 0.880. The number of rotatable bonds is 4. The van der Waals surface area contributed by atoms with Gasteiger partial charge in [-0.1, -0.05) is 0 Å². The molecule has 4 nitrogen and oxygen atoms in total. The van der Waals surface area contributed by atoms with Gasteiger partial charge in [0.2, 0.25) is 0 Å². The van der Waals surface area contributed by atoms with Gasteiger partial charge in [0.05, 0.1) is 17.4 Å². The first-order valence-electron chi connectivity index (χ1n) is 6.42. The molecule has 0 saturated heterocycles. The van der Waals surface area contributed by atoms with Crippen LogP contribution in [-0.2, 0) is 4.74 Å². The highest BCUT2D eigenvalue weighted by molar-refractivity contribution is 5.88. The van der Waals surface area contributed by atoms with E-state index in [9.17, 15) is 9.18 Å². The average molecular weight is 267 g/mol. The van der Waals surface area contributed by atoms with Crippen LogP contribution in [0.4, 0.5) is 10.1 Å². The topological polar surface area (TPSA) is 58.6 Å². The molecule has 0 heterocycles. The van der Waals surface area contributed by atoms with E-state index in [1.54, 1.807) is 7.11 Å². The van der Waals surface area contributed by atoms with Crippen LogP contribution in [0.2, 0.25) is 0 Å². The van der Waals surface area contributed by atoms with Crippen molar-refractivity contribution in [2.24, 2.45) is 0 Å². The number of hydrogen-bond donors (Lipinski definition) is 2. The molecule has 0 unspecified atom stereocenters. The van der Waals surface area contributed by atoms with E-state index < -0.39 is 11.8 Å². The summed E-state index contributed by atoms with van der Waals surface area (Å²) in [6.07, 6.45) is 3.96. The van der Waals surface area contributed by atoms with Gasteiger partial charge in [0, 0.05) is 13.2 Å². The molecule has 1 aliphatic carbocycles. The number of methoxy groups -OCH3 is 1. The van der Waals surface area contributed by atoms with E-state index >= 15 is 0 Å². The van der Waals surface area contributed by atoms with E-state index in [0.717, 1.165) is 25.7 Å². The van der Waals surface area contributed by atoms with Crippen molar-refractivity contribution < 1.29 is 19.0 Å². The molecule has 0 atom stereocenters. The summed E-state index contributed by atoms with van der Waals surface area (Å²) in [7, 11) is 1.70. The molecule has 1 fully saturated rings. The van der Waals surface area contributed by atoms with Gasteiger partial charge in [-0.15, -0.1) is 0 Å². The maximum absolute atomic E-state index is 13.7. The Morgan fingerprint density at radius 1 is 1.37 bits per heavy atom. The van der Waals surface area contributed by atoms with Gasteiger partial charge < -0.3 is 15.2 Å². The fourth-order valence-corrected chi connectivity index (χ4v) is 2.43. The predicted octanol–water partition coefficient (Wildman–Crippen LogP) is 2.89. The number of hydrogen-bond acceptors (Lipinski definition) is 3. The molecule has 104 valence electrons. The number of benzene rings is 1. The van der Waals surface area contributed by atoms with E-state index in [1.807, 2.05) is 0 Å². The van der Waals surface area contributed by atoms with Gasteiger partial charge in [-0.2, -0.15) is 0 Å². The number of nitrogens with one attached hydrogen (secondary N) is 1. The molecule has 2 rings (SSSR count). The van der Waals surface area contributed by atoms with Crippen molar-refractivity contribution >= 4 is 11.7 Å². The zero-order chi connectivity index (χ0) is 13.8. The highest BCUT2D eigenvalue weighted by Gasteiger charge is 2.21. The number of carboxylic acid groups (broad SMARTS) is 1. The van der Waals surface area contributed by atoms with Gasteiger partial charge in [0.15, 0.2) is 0 Å². The number of carboxylic acids is 1. The Kier molecular flexibility index (Phi) is 4.37. The van der Waals surface area contributed by atoms with E-state index in [-0.39, 0.29) is 23.4 Å². The minimum Gasteiger partial charge on any atom is -0.478 e. The zero-order valence-electron chi connectivity index (χ0n) is 10.9. The molecular formula is C14H18FNO3. The third-order valence-electron chi connectivity index (χ3n) is 3.58. The third-order valence-corrected chi connectivity index (χ3v) is 3.58. The van der Waals surface area contributed by atoms with Crippen LogP contribution >= 0.6 is 0 Å². The van der Waals surface area contributed by atoms with Crippen LogP contribution < -0.4 is 5.32 Å². The van der Waals surface area contributed by atoms with Crippen LogP contribution in [0.5, 0.6) is 0 Å². The molecule has 0 radical (unpaired) electrons. The van der Waals surface area contributed by atoms with Crippen molar-refractivity contribution in [3.05, 3.63) is 29.6 Å². The second-order valence-electron chi connectivity index (χ2n) is 4.85. The molecule has 1 aliphatic rings. The molecule has 19 heavy (non-hydrogen) atoms. The highest BCUT2D eigenvalue weighted by atomic mass is 19.1. The Labute approximate surface area is 111 Å². The summed E-state index contributed by atoms with van der Waals surface area (Å²) < 4.78 is 18.9. The van der Waals surface area contributed by atoms with Crippen molar-refractivity contribution in [2.75, 3.05) is 12.4 Å². The molecule has 0 bridgehead atoms.